The monoisotopic (exact) mass is 550 g/mol. The minimum absolute atomic E-state index is 0.00876. The number of hydrogen-bond donors (Lipinski definition) is 0. The Bertz CT molecular complexity index is 1170. The van der Waals surface area contributed by atoms with E-state index in [1.54, 1.807) is 49.1 Å². The van der Waals surface area contributed by atoms with Gasteiger partial charge in [-0.15, -0.1) is 0 Å². The lowest BCUT2D eigenvalue weighted by atomic mass is 9.89. The number of carbonyl (C=O) groups excluding carboxylic acids is 3. The van der Waals surface area contributed by atoms with Gasteiger partial charge >= 0.3 is 18.3 Å². The van der Waals surface area contributed by atoms with E-state index in [0.29, 0.717) is 18.4 Å². The molecule has 1 aliphatic heterocycles. The van der Waals surface area contributed by atoms with Crippen molar-refractivity contribution in [1.29, 1.82) is 0 Å². The molecule has 10 heteroatoms. The predicted molar refractivity (Wildman–Crippen MR) is 142 cm³/mol. The highest BCUT2D eigenvalue weighted by atomic mass is 16.7. The second-order valence-electron chi connectivity index (χ2n) is 9.89. The number of rotatable bonds is 6. The maximum atomic E-state index is 12.7. The number of hydrogen-bond acceptors (Lipinski definition) is 10. The summed E-state index contributed by atoms with van der Waals surface area (Å²) in [5.41, 5.74) is 1.46. The Kier molecular flexibility index (Phi) is 10.7. The molecule has 0 aromatic carbocycles. The second-order valence-corrected chi connectivity index (χ2v) is 9.89. The normalized spacial score (nSPS) is 25.6. The Balaban J connectivity index is 1.44. The van der Waals surface area contributed by atoms with E-state index in [1.807, 2.05) is 6.92 Å². The van der Waals surface area contributed by atoms with Crippen LogP contribution in [0.25, 0.3) is 0 Å². The third-order valence-electron chi connectivity index (χ3n) is 6.80. The summed E-state index contributed by atoms with van der Waals surface area (Å²) in [6, 6.07) is 7.08. The van der Waals surface area contributed by atoms with Gasteiger partial charge in [-0.2, -0.15) is 0 Å². The molecule has 0 saturated heterocycles. The minimum atomic E-state index is -0.882. The zero-order chi connectivity index (χ0) is 28.2. The lowest BCUT2D eigenvalue weighted by Crippen LogP contribution is -2.28. The van der Waals surface area contributed by atoms with Crippen LogP contribution in [0.15, 0.2) is 73.4 Å². The van der Waals surface area contributed by atoms with Crippen LogP contribution in [-0.4, -0.2) is 46.6 Å². The van der Waals surface area contributed by atoms with E-state index in [4.69, 9.17) is 23.7 Å². The standard InChI is InChI=1S/C30H34N2O8/c1-21-7-3-2-4-10-24-15-25(39-29(34)36-19-22-8-5-13-31-17-22)16-26(24)27(11-12-28(33)38-21)40-30(35)37-20-23-9-6-14-32-18-23/h4-6,8-14,17-18,21,24-27H,2-3,7,15-16,19-20H2,1H3/b10-4+,12-11?/t21-,24+,25-,26+,27+/m0/s1. The first-order valence-corrected chi connectivity index (χ1v) is 13.5. The van der Waals surface area contributed by atoms with Gasteiger partial charge in [-0.3, -0.25) is 9.97 Å². The van der Waals surface area contributed by atoms with Crippen LogP contribution >= 0.6 is 0 Å². The third kappa shape index (κ3) is 9.21. The average Bonchev–Trinajstić information content (AvgIpc) is 3.35. The van der Waals surface area contributed by atoms with Crippen molar-refractivity contribution in [2.45, 2.75) is 70.6 Å². The van der Waals surface area contributed by atoms with Crippen LogP contribution in [0.1, 0.15) is 50.2 Å². The lowest BCUT2D eigenvalue weighted by molar-refractivity contribution is -0.142. The zero-order valence-corrected chi connectivity index (χ0v) is 22.4. The number of nitrogens with zero attached hydrogens (tertiary/aromatic N) is 2. The topological polar surface area (TPSA) is 123 Å². The molecular weight excluding hydrogens is 516 g/mol. The third-order valence-corrected chi connectivity index (χ3v) is 6.80. The quantitative estimate of drug-likeness (QED) is 0.260. The van der Waals surface area contributed by atoms with Gasteiger partial charge in [-0.05, 0) is 63.2 Å². The molecule has 0 unspecified atom stereocenters. The maximum absolute atomic E-state index is 12.7. The molecule has 1 saturated carbocycles. The second kappa shape index (κ2) is 14.8. The van der Waals surface area contributed by atoms with Crippen LogP contribution in [-0.2, 0) is 41.7 Å². The Morgan fingerprint density at radius 1 is 0.950 bits per heavy atom. The van der Waals surface area contributed by atoms with Gasteiger partial charge in [-0.25, -0.2) is 14.4 Å². The SMILES string of the molecule is C[C@H]1CCC/C=C/[C@@H]2C[C@H](OC(=O)OCc3cccnc3)C[C@H]2[C@H](OC(=O)OCc2cccnc2)C=CC(=O)O1. The summed E-state index contributed by atoms with van der Waals surface area (Å²) in [6.45, 7) is 1.89. The van der Waals surface area contributed by atoms with Crippen LogP contribution in [0.4, 0.5) is 9.59 Å². The Morgan fingerprint density at radius 2 is 1.62 bits per heavy atom. The summed E-state index contributed by atoms with van der Waals surface area (Å²) in [4.78, 5) is 45.6. The molecule has 3 heterocycles. The molecule has 2 aromatic heterocycles. The highest BCUT2D eigenvalue weighted by Gasteiger charge is 2.41. The molecule has 2 aromatic rings. The molecule has 0 amide bonds. The summed E-state index contributed by atoms with van der Waals surface area (Å²) in [5.74, 6) is -0.870. The van der Waals surface area contributed by atoms with Crippen molar-refractivity contribution >= 4 is 18.3 Å². The number of pyridine rings is 2. The number of carbonyl (C=O) groups is 3. The van der Waals surface area contributed by atoms with Crippen LogP contribution in [0, 0.1) is 11.8 Å². The fourth-order valence-electron chi connectivity index (χ4n) is 4.85. The van der Waals surface area contributed by atoms with Crippen molar-refractivity contribution in [2.75, 3.05) is 0 Å². The lowest BCUT2D eigenvalue weighted by Gasteiger charge is -2.24. The molecule has 4 rings (SSSR count). The number of aromatic nitrogens is 2. The molecule has 1 fully saturated rings. The van der Waals surface area contributed by atoms with Crippen LogP contribution in [0.2, 0.25) is 0 Å². The fraction of sp³-hybridized carbons (Fsp3) is 0.433. The van der Waals surface area contributed by atoms with Gasteiger partial charge in [0.05, 0.1) is 6.10 Å². The Labute approximate surface area is 233 Å². The van der Waals surface area contributed by atoms with Gasteiger partial charge in [0, 0.05) is 47.9 Å². The van der Waals surface area contributed by atoms with Gasteiger partial charge < -0.3 is 23.7 Å². The molecular formula is C30H34N2O8. The van der Waals surface area contributed by atoms with Gasteiger partial charge in [0.25, 0.3) is 0 Å². The van der Waals surface area contributed by atoms with Crippen molar-refractivity contribution < 1.29 is 38.1 Å². The molecule has 0 N–H and O–H groups in total. The highest BCUT2D eigenvalue weighted by Crippen LogP contribution is 2.39. The molecule has 0 bridgehead atoms. The summed E-state index contributed by atoms with van der Waals surface area (Å²) in [7, 11) is 0. The van der Waals surface area contributed by atoms with E-state index < -0.39 is 30.5 Å². The summed E-state index contributed by atoms with van der Waals surface area (Å²) in [5, 5.41) is 0. The highest BCUT2D eigenvalue weighted by molar-refractivity contribution is 5.82. The largest absolute Gasteiger partial charge is 0.509 e. The number of cyclic esters (lactones) is 1. The van der Waals surface area contributed by atoms with Crippen LogP contribution < -0.4 is 0 Å². The Morgan fingerprint density at radius 3 is 2.27 bits per heavy atom. The molecule has 212 valence electrons. The van der Waals surface area contributed by atoms with Crippen LogP contribution in [0.3, 0.4) is 0 Å². The molecule has 10 nitrogen and oxygen atoms in total. The Hall–Kier alpha value is -4.21. The first-order chi connectivity index (χ1) is 19.5. The van der Waals surface area contributed by atoms with Crippen molar-refractivity contribution in [2.24, 2.45) is 11.8 Å². The first kappa shape index (κ1) is 28.8. The fourth-order valence-corrected chi connectivity index (χ4v) is 4.85. The molecule has 0 spiro atoms. The molecule has 5 atom stereocenters. The van der Waals surface area contributed by atoms with E-state index in [1.165, 1.54) is 12.2 Å². The molecule has 0 radical (unpaired) electrons. The molecule has 2 aliphatic rings. The van der Waals surface area contributed by atoms with Crippen molar-refractivity contribution in [1.82, 2.24) is 9.97 Å². The van der Waals surface area contributed by atoms with Crippen molar-refractivity contribution in [3.05, 3.63) is 84.5 Å². The number of fused-ring (bicyclic) bond motifs is 1. The summed E-state index contributed by atoms with van der Waals surface area (Å²) in [6.07, 6.45) is 13.5. The van der Waals surface area contributed by atoms with Gasteiger partial charge in [0.2, 0.25) is 0 Å². The van der Waals surface area contributed by atoms with E-state index >= 15 is 0 Å². The number of ether oxygens (including phenoxy) is 5. The van der Waals surface area contributed by atoms with Gasteiger partial charge in [-0.1, -0.05) is 24.3 Å². The number of allylic oxidation sites excluding steroid dienone is 2. The summed E-state index contributed by atoms with van der Waals surface area (Å²) < 4.78 is 27.3. The molecule has 1 aliphatic carbocycles. The smallest absolute Gasteiger partial charge is 0.460 e. The average molecular weight is 551 g/mol. The predicted octanol–water partition coefficient (Wildman–Crippen LogP) is 5.47. The van der Waals surface area contributed by atoms with Gasteiger partial charge in [0.15, 0.2) is 0 Å². The van der Waals surface area contributed by atoms with E-state index in [-0.39, 0.29) is 31.2 Å². The van der Waals surface area contributed by atoms with E-state index in [9.17, 15) is 14.4 Å². The summed E-state index contributed by atoms with van der Waals surface area (Å²) >= 11 is 0. The first-order valence-electron chi connectivity index (χ1n) is 13.5. The van der Waals surface area contributed by atoms with Crippen molar-refractivity contribution in [3.8, 4) is 0 Å². The van der Waals surface area contributed by atoms with E-state index in [0.717, 1.165) is 24.8 Å². The molecule has 40 heavy (non-hydrogen) atoms. The number of esters is 1. The van der Waals surface area contributed by atoms with Gasteiger partial charge in [0.1, 0.15) is 25.4 Å². The maximum Gasteiger partial charge on any atom is 0.509 e. The van der Waals surface area contributed by atoms with Crippen LogP contribution in [0.5, 0.6) is 0 Å². The van der Waals surface area contributed by atoms with E-state index in [2.05, 4.69) is 22.1 Å². The minimum Gasteiger partial charge on any atom is -0.460 e. The van der Waals surface area contributed by atoms with Crippen molar-refractivity contribution in [3.63, 3.8) is 0 Å². The zero-order valence-electron chi connectivity index (χ0n) is 22.4.